The van der Waals surface area contributed by atoms with E-state index in [0.717, 1.165) is 19.3 Å². The Morgan fingerprint density at radius 1 is 1.19 bits per heavy atom. The molecule has 1 aliphatic rings. The van der Waals surface area contributed by atoms with Crippen molar-refractivity contribution in [3.05, 3.63) is 0 Å². The quantitative estimate of drug-likeness (QED) is 0.739. The normalized spacial score (nSPS) is 31.6. The van der Waals surface area contributed by atoms with Gasteiger partial charge in [0.15, 0.2) is 6.29 Å². The zero-order valence-corrected chi connectivity index (χ0v) is 10.7. The Hall–Kier alpha value is -0.170. The van der Waals surface area contributed by atoms with Gasteiger partial charge < -0.3 is 9.47 Å². The van der Waals surface area contributed by atoms with E-state index in [2.05, 4.69) is 0 Å². The summed E-state index contributed by atoms with van der Waals surface area (Å²) < 4.78 is 32.6. The second-order valence-electron chi connectivity index (χ2n) is 4.42. The van der Waals surface area contributed by atoms with E-state index < -0.39 is 10.0 Å². The molecule has 0 aromatic rings. The van der Waals surface area contributed by atoms with E-state index in [1.165, 1.54) is 0 Å². The fraction of sp³-hybridized carbons (Fsp3) is 1.00. The number of primary sulfonamides is 1. The molecular formula is C10H21NO4S. The lowest BCUT2D eigenvalue weighted by Gasteiger charge is -2.32. The van der Waals surface area contributed by atoms with E-state index >= 15 is 0 Å². The molecule has 0 amide bonds. The second-order valence-corrected chi connectivity index (χ2v) is 6.16. The number of ether oxygens (including phenoxy) is 2. The van der Waals surface area contributed by atoms with Crippen LogP contribution in [0.4, 0.5) is 0 Å². The minimum Gasteiger partial charge on any atom is -0.350 e. The van der Waals surface area contributed by atoms with Gasteiger partial charge in [0, 0.05) is 0 Å². The summed E-state index contributed by atoms with van der Waals surface area (Å²) in [5, 5.41) is 4.91. The van der Waals surface area contributed by atoms with Crippen molar-refractivity contribution in [1.29, 1.82) is 0 Å². The van der Waals surface area contributed by atoms with Gasteiger partial charge in [-0.1, -0.05) is 0 Å². The van der Waals surface area contributed by atoms with Crippen LogP contribution in [0.15, 0.2) is 0 Å². The molecule has 0 spiro atoms. The topological polar surface area (TPSA) is 78.6 Å². The molecule has 16 heavy (non-hydrogen) atoms. The summed E-state index contributed by atoms with van der Waals surface area (Å²) >= 11 is 0. The van der Waals surface area contributed by atoms with E-state index in [1.54, 1.807) is 0 Å². The molecule has 0 saturated carbocycles. The van der Waals surface area contributed by atoms with Gasteiger partial charge in [-0.2, -0.15) is 0 Å². The lowest BCUT2D eigenvalue weighted by Crippen LogP contribution is -2.35. The minimum atomic E-state index is -3.33. The minimum absolute atomic E-state index is 0.0326. The average molecular weight is 251 g/mol. The van der Waals surface area contributed by atoms with E-state index in [1.807, 2.05) is 13.8 Å². The highest BCUT2D eigenvalue weighted by Gasteiger charge is 2.24. The SMILES string of the molecule is CC1CC(C)OC(CCCCS(N)(=O)=O)O1. The Morgan fingerprint density at radius 2 is 1.75 bits per heavy atom. The van der Waals surface area contributed by atoms with Crippen LogP contribution in [0.3, 0.4) is 0 Å². The number of rotatable bonds is 5. The zero-order chi connectivity index (χ0) is 12.2. The van der Waals surface area contributed by atoms with Crippen molar-refractivity contribution in [1.82, 2.24) is 0 Å². The van der Waals surface area contributed by atoms with Crippen LogP contribution in [0, 0.1) is 0 Å². The third kappa shape index (κ3) is 5.79. The van der Waals surface area contributed by atoms with Crippen LogP contribution in [0.2, 0.25) is 0 Å². The fourth-order valence-electron chi connectivity index (χ4n) is 1.88. The molecule has 0 aromatic heterocycles. The Balaban J connectivity index is 2.17. The molecule has 2 atom stereocenters. The molecule has 2 unspecified atom stereocenters. The molecule has 0 bridgehead atoms. The van der Waals surface area contributed by atoms with E-state index in [9.17, 15) is 8.42 Å². The highest BCUT2D eigenvalue weighted by Crippen LogP contribution is 2.21. The molecule has 2 N–H and O–H groups in total. The molecule has 0 aromatic carbocycles. The van der Waals surface area contributed by atoms with E-state index in [4.69, 9.17) is 14.6 Å². The molecule has 6 heteroatoms. The Kier molecular flexibility index (Phi) is 5.17. The first kappa shape index (κ1) is 13.9. The van der Waals surface area contributed by atoms with Gasteiger partial charge >= 0.3 is 0 Å². The van der Waals surface area contributed by atoms with Gasteiger partial charge in [-0.05, 0) is 39.5 Å². The van der Waals surface area contributed by atoms with Gasteiger partial charge in [0.25, 0.3) is 0 Å². The van der Waals surface area contributed by atoms with Crippen LogP contribution in [0.25, 0.3) is 0 Å². The predicted molar refractivity (Wildman–Crippen MR) is 61.3 cm³/mol. The van der Waals surface area contributed by atoms with Crippen molar-refractivity contribution in [2.75, 3.05) is 5.75 Å². The maximum atomic E-state index is 10.7. The van der Waals surface area contributed by atoms with Crippen LogP contribution >= 0.6 is 0 Å². The molecule has 0 aliphatic carbocycles. The molecule has 1 rings (SSSR count). The molecular weight excluding hydrogens is 230 g/mol. The standard InChI is InChI=1S/C10H21NO4S/c1-8-7-9(2)15-10(14-8)5-3-4-6-16(11,12)13/h8-10H,3-7H2,1-2H3,(H2,11,12,13). The van der Waals surface area contributed by atoms with Gasteiger partial charge in [0.05, 0.1) is 18.0 Å². The average Bonchev–Trinajstić information content (AvgIpc) is 2.09. The monoisotopic (exact) mass is 251 g/mol. The fourth-order valence-corrected chi connectivity index (χ4v) is 2.49. The first-order valence-electron chi connectivity index (χ1n) is 5.68. The van der Waals surface area contributed by atoms with Crippen molar-refractivity contribution in [3.8, 4) is 0 Å². The van der Waals surface area contributed by atoms with Crippen LogP contribution in [0.5, 0.6) is 0 Å². The van der Waals surface area contributed by atoms with E-state index in [0.29, 0.717) is 6.42 Å². The summed E-state index contributed by atoms with van der Waals surface area (Å²) in [5.74, 6) is 0.0326. The van der Waals surface area contributed by atoms with Gasteiger partial charge in [-0.3, -0.25) is 0 Å². The van der Waals surface area contributed by atoms with Crippen LogP contribution in [-0.4, -0.2) is 32.7 Å². The highest BCUT2D eigenvalue weighted by atomic mass is 32.2. The summed E-state index contributed by atoms with van der Waals surface area (Å²) in [7, 11) is -3.33. The first-order chi connectivity index (χ1) is 7.37. The Labute approximate surface area is 97.3 Å². The van der Waals surface area contributed by atoms with Gasteiger partial charge in [-0.15, -0.1) is 0 Å². The van der Waals surface area contributed by atoms with Crippen LogP contribution in [0.1, 0.15) is 39.5 Å². The van der Waals surface area contributed by atoms with Crippen molar-refractivity contribution in [2.24, 2.45) is 5.14 Å². The maximum Gasteiger partial charge on any atom is 0.209 e. The largest absolute Gasteiger partial charge is 0.350 e. The lowest BCUT2D eigenvalue weighted by atomic mass is 10.1. The first-order valence-corrected chi connectivity index (χ1v) is 7.40. The van der Waals surface area contributed by atoms with Gasteiger partial charge in [0.1, 0.15) is 0 Å². The lowest BCUT2D eigenvalue weighted by molar-refractivity contribution is -0.236. The second kappa shape index (κ2) is 5.95. The van der Waals surface area contributed by atoms with Crippen molar-refractivity contribution in [3.63, 3.8) is 0 Å². The zero-order valence-electron chi connectivity index (χ0n) is 9.89. The van der Waals surface area contributed by atoms with Crippen LogP contribution in [-0.2, 0) is 19.5 Å². The summed E-state index contributed by atoms with van der Waals surface area (Å²) in [4.78, 5) is 0. The molecule has 1 saturated heterocycles. The molecule has 5 nitrogen and oxygen atoms in total. The third-order valence-corrected chi connectivity index (χ3v) is 3.41. The summed E-state index contributed by atoms with van der Waals surface area (Å²) in [6.45, 7) is 4.05. The summed E-state index contributed by atoms with van der Waals surface area (Å²) in [6.07, 6.45) is 3.18. The van der Waals surface area contributed by atoms with Crippen molar-refractivity contribution < 1.29 is 17.9 Å². The molecule has 1 fully saturated rings. The molecule has 1 aliphatic heterocycles. The van der Waals surface area contributed by atoms with E-state index in [-0.39, 0.29) is 24.3 Å². The van der Waals surface area contributed by atoms with Crippen molar-refractivity contribution >= 4 is 10.0 Å². The van der Waals surface area contributed by atoms with Gasteiger partial charge in [0.2, 0.25) is 10.0 Å². The summed E-state index contributed by atoms with van der Waals surface area (Å²) in [6, 6.07) is 0. The Bertz CT molecular complexity index is 294. The third-order valence-electron chi connectivity index (χ3n) is 2.55. The number of hydrogen-bond donors (Lipinski definition) is 1. The maximum absolute atomic E-state index is 10.7. The number of hydrogen-bond acceptors (Lipinski definition) is 4. The number of unbranched alkanes of at least 4 members (excludes halogenated alkanes) is 1. The highest BCUT2D eigenvalue weighted by molar-refractivity contribution is 7.89. The number of nitrogens with two attached hydrogens (primary N) is 1. The smallest absolute Gasteiger partial charge is 0.209 e. The molecule has 96 valence electrons. The molecule has 1 heterocycles. The predicted octanol–water partition coefficient (Wildman–Crippen LogP) is 0.985. The summed E-state index contributed by atoms with van der Waals surface area (Å²) in [5.41, 5.74) is 0. The number of sulfonamides is 1. The van der Waals surface area contributed by atoms with Gasteiger partial charge in [-0.25, -0.2) is 13.6 Å². The van der Waals surface area contributed by atoms with Crippen molar-refractivity contribution in [2.45, 2.75) is 58.0 Å². The Morgan fingerprint density at radius 3 is 2.25 bits per heavy atom. The van der Waals surface area contributed by atoms with Crippen LogP contribution < -0.4 is 5.14 Å². The molecule has 0 radical (unpaired) electrons.